The maximum atomic E-state index is 13.4. The number of nitrogens with zero attached hydrogens (tertiary/aromatic N) is 5. The van der Waals surface area contributed by atoms with Crippen LogP contribution < -0.4 is 14.8 Å². The van der Waals surface area contributed by atoms with Crippen LogP contribution in [0.15, 0.2) is 36.7 Å². The fourth-order valence-corrected chi connectivity index (χ4v) is 4.84. The molecule has 0 spiro atoms. The van der Waals surface area contributed by atoms with E-state index in [2.05, 4.69) is 26.3 Å². The van der Waals surface area contributed by atoms with E-state index in [1.807, 2.05) is 0 Å². The number of aromatic nitrogens is 4. The average Bonchev–Trinajstić information content (AvgIpc) is 3.23. The predicted molar refractivity (Wildman–Crippen MR) is 147 cm³/mol. The number of alkyl halides is 4. The molecule has 43 heavy (non-hydrogen) atoms. The second-order valence-electron chi connectivity index (χ2n) is 11.0. The van der Waals surface area contributed by atoms with E-state index in [0.717, 1.165) is 6.07 Å². The second-order valence-corrected chi connectivity index (χ2v) is 11.0. The molecule has 1 saturated carbocycles. The Labute approximate surface area is 243 Å². The van der Waals surface area contributed by atoms with E-state index < -0.39 is 47.8 Å². The number of fused-ring (bicyclic) bond motifs is 1. The van der Waals surface area contributed by atoms with Gasteiger partial charge in [0.15, 0.2) is 0 Å². The van der Waals surface area contributed by atoms with E-state index in [1.54, 1.807) is 50.1 Å². The Balaban J connectivity index is 1.58. The number of rotatable bonds is 10. The predicted octanol–water partition coefficient (Wildman–Crippen LogP) is 4.88. The summed E-state index contributed by atoms with van der Waals surface area (Å²) in [5, 5.41) is 31.5. The fourth-order valence-electron chi connectivity index (χ4n) is 4.84. The molecule has 0 aliphatic heterocycles. The summed E-state index contributed by atoms with van der Waals surface area (Å²) in [5.74, 6) is -4.92. The lowest BCUT2D eigenvalue weighted by atomic mass is 9.97. The zero-order valence-corrected chi connectivity index (χ0v) is 23.7. The number of nitriles is 1. The molecule has 4 aromatic rings. The summed E-state index contributed by atoms with van der Waals surface area (Å²) in [6, 6.07) is 6.67. The largest absolute Gasteiger partial charge is 0.496 e. The Morgan fingerprint density at radius 2 is 1.93 bits per heavy atom. The monoisotopic (exact) mass is 600 g/mol. The number of ether oxygens (including phenoxy) is 2. The molecular formula is C29H28F4N6O4. The maximum absolute atomic E-state index is 13.4. The molecule has 2 heterocycles. The molecule has 1 fully saturated rings. The summed E-state index contributed by atoms with van der Waals surface area (Å²) in [6.07, 6.45) is 3.34. The quantitative estimate of drug-likeness (QED) is 0.248. The first-order valence-electron chi connectivity index (χ1n) is 13.2. The molecule has 2 aromatic carbocycles. The van der Waals surface area contributed by atoms with Gasteiger partial charge in [-0.15, -0.1) is 0 Å². The molecule has 10 nitrogen and oxygen atoms in total. The van der Waals surface area contributed by atoms with Crippen LogP contribution >= 0.6 is 0 Å². The van der Waals surface area contributed by atoms with Crippen molar-refractivity contribution in [1.82, 2.24) is 24.9 Å². The van der Waals surface area contributed by atoms with Gasteiger partial charge in [-0.05, 0) is 50.1 Å². The number of carbonyl (C=O) groups is 1. The number of carbonyl (C=O) groups excluding carboxylic acids is 1. The first-order valence-corrected chi connectivity index (χ1v) is 13.2. The van der Waals surface area contributed by atoms with Gasteiger partial charge < -0.3 is 19.9 Å². The average molecular weight is 601 g/mol. The zero-order chi connectivity index (χ0) is 31.3. The van der Waals surface area contributed by atoms with Gasteiger partial charge in [0, 0.05) is 42.7 Å². The van der Waals surface area contributed by atoms with Crippen LogP contribution in [0.5, 0.6) is 11.5 Å². The number of amides is 1. The second kappa shape index (κ2) is 10.9. The van der Waals surface area contributed by atoms with Gasteiger partial charge in [0.05, 0.1) is 47.8 Å². The number of nitrogens with one attached hydrogen (secondary N) is 1. The molecule has 0 unspecified atom stereocenters. The zero-order valence-electron chi connectivity index (χ0n) is 23.7. The van der Waals surface area contributed by atoms with Crippen LogP contribution in [-0.2, 0) is 13.6 Å². The van der Waals surface area contributed by atoms with Crippen molar-refractivity contribution in [1.29, 1.82) is 5.26 Å². The molecular weight excluding hydrogens is 572 g/mol. The van der Waals surface area contributed by atoms with Crippen molar-refractivity contribution in [2.24, 2.45) is 7.05 Å². The SMILES string of the molecule is COc1cc(-c2c3c(C#N)cc(-c4cnn(CCC(C)(C)O)c4)cc3nn2C)cc(OC(F)F)c1C(=O)N[C@@H]1CC1(F)F. The highest BCUT2D eigenvalue weighted by atomic mass is 19.3. The first-order chi connectivity index (χ1) is 20.2. The normalized spacial score (nSPS) is 15.9. The molecule has 1 amide bonds. The Morgan fingerprint density at radius 3 is 2.53 bits per heavy atom. The first kappa shape index (κ1) is 29.8. The van der Waals surface area contributed by atoms with Crippen LogP contribution in [0, 0.1) is 11.3 Å². The molecule has 2 aromatic heterocycles. The van der Waals surface area contributed by atoms with Gasteiger partial charge in [-0.25, -0.2) is 8.78 Å². The van der Waals surface area contributed by atoms with Crippen molar-refractivity contribution in [3.8, 4) is 40.0 Å². The number of benzene rings is 2. The van der Waals surface area contributed by atoms with Crippen LogP contribution in [0.4, 0.5) is 17.6 Å². The van der Waals surface area contributed by atoms with E-state index in [0.29, 0.717) is 40.7 Å². The number of aliphatic hydroxyl groups is 1. The lowest BCUT2D eigenvalue weighted by molar-refractivity contribution is -0.0502. The van der Waals surface area contributed by atoms with Crippen molar-refractivity contribution >= 4 is 16.8 Å². The van der Waals surface area contributed by atoms with Gasteiger partial charge in [0.1, 0.15) is 17.1 Å². The minimum absolute atomic E-state index is 0.197. The van der Waals surface area contributed by atoms with Crippen LogP contribution in [-0.4, -0.2) is 61.9 Å². The molecule has 1 aliphatic carbocycles. The van der Waals surface area contributed by atoms with E-state index in [4.69, 9.17) is 4.74 Å². The minimum Gasteiger partial charge on any atom is -0.496 e. The standard InChI is InChI=1S/C29H28F4N6O4/c1-28(2,41)5-6-39-14-18(13-35-39)15-7-17(12-34)23-19(8-15)37-38(3)25(23)16-9-20(42-4)24(21(10-16)43-27(30)31)26(40)36-22-11-29(22,32)33/h7-10,13-14,22,27,41H,5-6,11H2,1-4H3,(H,36,40)/t22-/m1/s1. The van der Waals surface area contributed by atoms with E-state index >= 15 is 0 Å². The van der Waals surface area contributed by atoms with Gasteiger partial charge in [-0.2, -0.15) is 24.2 Å². The Bertz CT molecular complexity index is 1750. The number of hydrogen-bond donors (Lipinski definition) is 2. The lowest BCUT2D eigenvalue weighted by Gasteiger charge is -2.17. The molecule has 0 radical (unpaired) electrons. The minimum atomic E-state index is -3.33. The van der Waals surface area contributed by atoms with Gasteiger partial charge in [-0.3, -0.25) is 14.2 Å². The van der Waals surface area contributed by atoms with Crippen LogP contribution in [0.3, 0.4) is 0 Å². The highest BCUT2D eigenvalue weighted by Gasteiger charge is 2.58. The highest BCUT2D eigenvalue weighted by molar-refractivity contribution is 6.03. The van der Waals surface area contributed by atoms with Crippen molar-refractivity contribution < 1.29 is 36.9 Å². The number of halogens is 4. The topological polar surface area (TPSA) is 127 Å². The Kier molecular flexibility index (Phi) is 7.55. The van der Waals surface area contributed by atoms with Gasteiger partial charge in [0.2, 0.25) is 0 Å². The number of hydrogen-bond acceptors (Lipinski definition) is 7. The Morgan fingerprint density at radius 1 is 1.23 bits per heavy atom. The summed E-state index contributed by atoms with van der Waals surface area (Å²) in [7, 11) is 2.80. The van der Waals surface area contributed by atoms with Crippen molar-refractivity contribution in [2.45, 2.75) is 57.4 Å². The lowest BCUT2D eigenvalue weighted by Crippen LogP contribution is -2.30. The van der Waals surface area contributed by atoms with Gasteiger partial charge in [-0.1, -0.05) is 0 Å². The van der Waals surface area contributed by atoms with Crippen LogP contribution in [0.1, 0.15) is 42.6 Å². The number of aryl methyl sites for hydroxylation is 2. The summed E-state index contributed by atoms with van der Waals surface area (Å²) in [4.78, 5) is 12.9. The molecule has 5 rings (SSSR count). The molecule has 1 atom stereocenters. The third-order valence-corrected chi connectivity index (χ3v) is 7.11. The summed E-state index contributed by atoms with van der Waals surface area (Å²) in [5.41, 5.74) is 1.27. The van der Waals surface area contributed by atoms with Crippen molar-refractivity contribution in [3.63, 3.8) is 0 Å². The molecule has 1 aliphatic rings. The van der Waals surface area contributed by atoms with Crippen LogP contribution in [0.2, 0.25) is 0 Å². The third-order valence-electron chi connectivity index (χ3n) is 7.11. The van der Waals surface area contributed by atoms with E-state index in [9.17, 15) is 32.7 Å². The summed E-state index contributed by atoms with van der Waals surface area (Å²) in [6.45, 7) is 0.559. The van der Waals surface area contributed by atoms with E-state index in [1.165, 1.54) is 17.9 Å². The molecule has 226 valence electrons. The molecule has 0 saturated heterocycles. The molecule has 2 N–H and O–H groups in total. The fraction of sp³-hybridized carbons (Fsp3) is 0.379. The molecule has 0 bridgehead atoms. The summed E-state index contributed by atoms with van der Waals surface area (Å²) < 4.78 is 66.9. The maximum Gasteiger partial charge on any atom is 0.387 e. The van der Waals surface area contributed by atoms with Crippen LogP contribution in [0.25, 0.3) is 33.3 Å². The van der Waals surface area contributed by atoms with Gasteiger partial charge in [0.25, 0.3) is 11.8 Å². The highest BCUT2D eigenvalue weighted by Crippen LogP contribution is 2.44. The smallest absolute Gasteiger partial charge is 0.387 e. The molecule has 14 heteroatoms. The Hall–Kier alpha value is -4.64. The number of methoxy groups -OCH3 is 1. The van der Waals surface area contributed by atoms with Crippen molar-refractivity contribution in [3.05, 3.63) is 47.8 Å². The van der Waals surface area contributed by atoms with E-state index in [-0.39, 0.29) is 16.9 Å². The summed E-state index contributed by atoms with van der Waals surface area (Å²) >= 11 is 0. The van der Waals surface area contributed by atoms with Gasteiger partial charge >= 0.3 is 6.61 Å². The van der Waals surface area contributed by atoms with Crippen molar-refractivity contribution in [2.75, 3.05) is 7.11 Å². The third kappa shape index (κ3) is 6.12.